The fraction of sp³-hybridized carbons (Fsp3) is 0.231. The monoisotopic (exact) mass is 547 g/mol. The Labute approximate surface area is 227 Å². The largest absolute Gasteiger partial charge is 0.368 e. The van der Waals surface area contributed by atoms with Crippen LogP contribution in [0.4, 0.5) is 10.1 Å². The van der Waals surface area contributed by atoms with E-state index in [1.807, 2.05) is 23.1 Å². The number of aromatic nitrogens is 7. The van der Waals surface area contributed by atoms with Crippen molar-refractivity contribution in [1.29, 1.82) is 5.26 Å². The highest BCUT2D eigenvalue weighted by Crippen LogP contribution is 2.41. The number of nitriles is 1. The summed E-state index contributed by atoms with van der Waals surface area (Å²) in [4.78, 5) is 6.64. The predicted octanol–water partition coefficient (Wildman–Crippen LogP) is 5.23. The zero-order valence-corrected chi connectivity index (χ0v) is 21.7. The topological polar surface area (TPSA) is 101 Å². The van der Waals surface area contributed by atoms with E-state index in [0.717, 1.165) is 5.56 Å². The van der Waals surface area contributed by atoms with Gasteiger partial charge in [0.05, 0.1) is 44.9 Å². The first-order valence-electron chi connectivity index (χ1n) is 11.9. The van der Waals surface area contributed by atoms with Gasteiger partial charge < -0.3 is 9.47 Å². The van der Waals surface area contributed by atoms with Crippen molar-refractivity contribution in [3.8, 4) is 28.6 Å². The number of hydrogen-bond acceptors (Lipinski definition) is 7. The molecule has 12 heteroatoms. The van der Waals surface area contributed by atoms with Crippen LogP contribution in [0.15, 0.2) is 55.1 Å². The molecule has 5 heterocycles. The number of piperidine rings is 1. The van der Waals surface area contributed by atoms with E-state index < -0.39 is 5.67 Å². The molecule has 1 saturated heterocycles. The first kappa shape index (κ1) is 24.3. The van der Waals surface area contributed by atoms with Crippen molar-refractivity contribution in [1.82, 2.24) is 34.6 Å². The second-order valence-corrected chi connectivity index (χ2v) is 10.0. The summed E-state index contributed by atoms with van der Waals surface area (Å²) in [5, 5.41) is 27.9. The highest BCUT2D eigenvalue weighted by atomic mass is 35.5. The van der Waals surface area contributed by atoms with E-state index in [0.29, 0.717) is 62.7 Å². The van der Waals surface area contributed by atoms with Crippen molar-refractivity contribution in [2.45, 2.75) is 18.5 Å². The lowest BCUT2D eigenvalue weighted by molar-refractivity contribution is 0.109. The number of nitrogens with zero attached hydrogens (tertiary/aromatic N) is 9. The van der Waals surface area contributed by atoms with Crippen molar-refractivity contribution >= 4 is 34.4 Å². The van der Waals surface area contributed by atoms with Crippen LogP contribution in [0.1, 0.15) is 24.2 Å². The van der Waals surface area contributed by atoms with Crippen LogP contribution >= 0.6 is 23.2 Å². The molecule has 38 heavy (non-hydrogen) atoms. The minimum atomic E-state index is -1.59. The maximum absolute atomic E-state index is 15.8. The standard InChI is InChI=1S/C26H20Cl2FN9/c1-36-15-32-34-25(36)26(29)7-10-37(11-8-26)24-16(13-30)6-9-31-23(24)19-14-33-38-22(19)5-4-21(35-38)18-3-2-17(27)12-20(18)28/h2-6,9,12,14-15H,7-8,10-11H2,1H3. The molecule has 0 N–H and O–H groups in total. The molecule has 1 aromatic carbocycles. The third-order valence-corrected chi connectivity index (χ3v) is 7.43. The van der Waals surface area contributed by atoms with Crippen molar-refractivity contribution in [2.24, 2.45) is 7.05 Å². The second-order valence-electron chi connectivity index (χ2n) is 9.16. The van der Waals surface area contributed by atoms with Gasteiger partial charge in [-0.2, -0.15) is 15.0 Å². The Kier molecular flexibility index (Phi) is 5.97. The van der Waals surface area contributed by atoms with Gasteiger partial charge >= 0.3 is 0 Å². The molecule has 0 bridgehead atoms. The minimum Gasteiger partial charge on any atom is -0.368 e. The Morgan fingerprint density at radius 3 is 2.61 bits per heavy atom. The lowest BCUT2D eigenvalue weighted by Crippen LogP contribution is -2.42. The third-order valence-electron chi connectivity index (χ3n) is 6.88. The van der Waals surface area contributed by atoms with Crippen molar-refractivity contribution in [3.63, 3.8) is 0 Å². The van der Waals surface area contributed by atoms with Crippen LogP contribution < -0.4 is 4.90 Å². The highest BCUT2D eigenvalue weighted by molar-refractivity contribution is 6.36. The molecular formula is C26H20Cl2FN9. The molecule has 0 aliphatic carbocycles. The normalized spacial score (nSPS) is 15.1. The summed E-state index contributed by atoms with van der Waals surface area (Å²) >= 11 is 12.4. The molecule has 190 valence electrons. The van der Waals surface area contributed by atoms with Crippen molar-refractivity contribution in [2.75, 3.05) is 18.0 Å². The number of hydrogen-bond donors (Lipinski definition) is 0. The van der Waals surface area contributed by atoms with Gasteiger partial charge in [0.25, 0.3) is 0 Å². The van der Waals surface area contributed by atoms with E-state index >= 15 is 4.39 Å². The van der Waals surface area contributed by atoms with Gasteiger partial charge in [-0.25, -0.2) is 4.39 Å². The van der Waals surface area contributed by atoms with Crippen LogP contribution in [-0.4, -0.2) is 47.7 Å². The maximum Gasteiger partial charge on any atom is 0.173 e. The van der Waals surface area contributed by atoms with Gasteiger partial charge in [0.2, 0.25) is 0 Å². The predicted molar refractivity (Wildman–Crippen MR) is 142 cm³/mol. The molecule has 0 unspecified atom stereocenters. The van der Waals surface area contributed by atoms with Crippen LogP contribution in [0, 0.1) is 11.3 Å². The number of alkyl halides is 1. The van der Waals surface area contributed by atoms with E-state index in [1.54, 1.807) is 42.2 Å². The highest BCUT2D eigenvalue weighted by Gasteiger charge is 2.41. The fourth-order valence-corrected chi connectivity index (χ4v) is 5.47. The molecule has 1 aliphatic heterocycles. The molecule has 1 aliphatic rings. The molecule has 0 atom stereocenters. The molecule has 0 spiro atoms. The molecule has 6 rings (SSSR count). The first-order valence-corrected chi connectivity index (χ1v) is 12.6. The molecule has 5 aromatic rings. The third kappa shape index (κ3) is 4.04. The van der Waals surface area contributed by atoms with Crippen LogP contribution in [-0.2, 0) is 12.7 Å². The van der Waals surface area contributed by atoms with E-state index in [-0.39, 0.29) is 12.8 Å². The molecule has 0 radical (unpaired) electrons. The average Bonchev–Trinajstić information content (AvgIpc) is 3.55. The SMILES string of the molecule is Cn1cnnc1C1(F)CCN(c2c(C#N)ccnc2-c2cnn3nc(-c4ccc(Cl)cc4Cl)ccc23)CC1. The van der Waals surface area contributed by atoms with E-state index in [2.05, 4.69) is 31.4 Å². The van der Waals surface area contributed by atoms with Gasteiger partial charge in [0, 0.05) is 49.8 Å². The number of benzene rings is 1. The van der Waals surface area contributed by atoms with Gasteiger partial charge in [-0.05, 0) is 36.4 Å². The smallest absolute Gasteiger partial charge is 0.173 e. The minimum absolute atomic E-state index is 0.209. The quantitative estimate of drug-likeness (QED) is 0.303. The Morgan fingerprint density at radius 2 is 1.89 bits per heavy atom. The number of fused-ring (bicyclic) bond motifs is 1. The fourth-order valence-electron chi connectivity index (χ4n) is 4.96. The summed E-state index contributed by atoms with van der Waals surface area (Å²) in [7, 11) is 1.74. The van der Waals surface area contributed by atoms with Crippen LogP contribution in [0.25, 0.3) is 28.0 Å². The lowest BCUT2D eigenvalue weighted by Gasteiger charge is -2.37. The average molecular weight is 548 g/mol. The van der Waals surface area contributed by atoms with Crippen molar-refractivity contribution < 1.29 is 4.39 Å². The Bertz CT molecular complexity index is 1710. The zero-order chi connectivity index (χ0) is 26.4. The van der Waals surface area contributed by atoms with Gasteiger partial charge in [0.15, 0.2) is 11.5 Å². The van der Waals surface area contributed by atoms with E-state index in [9.17, 15) is 5.26 Å². The van der Waals surface area contributed by atoms with Crippen LogP contribution in [0.2, 0.25) is 10.0 Å². The summed E-state index contributed by atoms with van der Waals surface area (Å²) < 4.78 is 18.9. The molecule has 1 fully saturated rings. The summed E-state index contributed by atoms with van der Waals surface area (Å²) in [5.41, 5.74) is 2.88. The summed E-state index contributed by atoms with van der Waals surface area (Å²) in [5.74, 6) is 0.314. The number of pyridine rings is 1. The van der Waals surface area contributed by atoms with Gasteiger partial charge in [-0.1, -0.05) is 23.2 Å². The molecule has 9 nitrogen and oxygen atoms in total. The summed E-state index contributed by atoms with van der Waals surface area (Å²) in [6.45, 7) is 0.765. The van der Waals surface area contributed by atoms with Gasteiger partial charge in [-0.3, -0.25) is 4.98 Å². The Balaban J connectivity index is 1.37. The van der Waals surface area contributed by atoms with Gasteiger partial charge in [-0.15, -0.1) is 15.3 Å². The first-order chi connectivity index (χ1) is 18.4. The molecule has 4 aromatic heterocycles. The van der Waals surface area contributed by atoms with Crippen LogP contribution in [0.3, 0.4) is 0 Å². The number of halogens is 3. The number of rotatable bonds is 4. The van der Waals surface area contributed by atoms with E-state index in [1.165, 1.54) is 11.0 Å². The Hall–Kier alpha value is -4.07. The Morgan fingerprint density at radius 1 is 1.08 bits per heavy atom. The van der Waals surface area contributed by atoms with Crippen molar-refractivity contribution in [3.05, 3.63) is 76.6 Å². The van der Waals surface area contributed by atoms with Gasteiger partial charge in [0.1, 0.15) is 12.4 Å². The summed E-state index contributed by atoms with van der Waals surface area (Å²) in [6, 6.07) is 12.9. The lowest BCUT2D eigenvalue weighted by atomic mass is 9.91. The molecular weight excluding hydrogens is 528 g/mol. The molecule has 0 amide bonds. The maximum atomic E-state index is 15.8. The summed E-state index contributed by atoms with van der Waals surface area (Å²) in [6.07, 6.45) is 5.19. The zero-order valence-electron chi connectivity index (χ0n) is 20.2. The molecule has 0 saturated carbocycles. The van der Waals surface area contributed by atoms with E-state index in [4.69, 9.17) is 23.2 Å². The number of anilines is 1. The van der Waals surface area contributed by atoms with Crippen LogP contribution in [0.5, 0.6) is 0 Å². The second kappa shape index (κ2) is 9.35. The number of aryl methyl sites for hydroxylation is 1.